The Kier molecular flexibility index (Phi) is 3.74. The van der Waals surface area contributed by atoms with Crippen LogP contribution in [0.5, 0.6) is 0 Å². The average Bonchev–Trinajstić information content (AvgIpc) is 2.43. The van der Waals surface area contributed by atoms with Gasteiger partial charge < -0.3 is 19.5 Å². The molecular formula is C10H17NO5. The minimum absolute atomic E-state index is 0.108. The van der Waals surface area contributed by atoms with Crippen molar-refractivity contribution in [3.63, 3.8) is 0 Å². The predicted octanol–water partition coefficient (Wildman–Crippen LogP) is 0.451. The molecule has 0 aromatic heterocycles. The summed E-state index contributed by atoms with van der Waals surface area (Å²) in [5.41, 5.74) is -0.573. The molecule has 1 aliphatic rings. The second kappa shape index (κ2) is 4.69. The normalized spacial score (nSPS) is 25.1. The molecule has 1 N–H and O–H groups in total. The maximum atomic E-state index is 11.4. The lowest BCUT2D eigenvalue weighted by Crippen LogP contribution is -2.46. The van der Waals surface area contributed by atoms with Gasteiger partial charge in [0.15, 0.2) is 6.10 Å². The molecule has 0 aromatic carbocycles. The van der Waals surface area contributed by atoms with Crippen LogP contribution in [0.3, 0.4) is 0 Å². The largest absolute Gasteiger partial charge is 0.461 e. The monoisotopic (exact) mass is 231 g/mol. The van der Waals surface area contributed by atoms with Gasteiger partial charge in [0, 0.05) is 7.11 Å². The molecule has 0 spiro atoms. The summed E-state index contributed by atoms with van der Waals surface area (Å²) in [5.74, 6) is -0.469. The molecule has 0 radical (unpaired) electrons. The topological polar surface area (TPSA) is 73.9 Å². The SMILES string of the molecule is COC1C(=O)OCC1NC(=O)OC(C)(C)C. The van der Waals surface area contributed by atoms with Crippen LogP contribution in [-0.2, 0) is 19.0 Å². The molecule has 6 nitrogen and oxygen atoms in total. The molecule has 2 unspecified atom stereocenters. The van der Waals surface area contributed by atoms with Crippen LogP contribution in [0.25, 0.3) is 0 Å². The lowest BCUT2D eigenvalue weighted by molar-refractivity contribution is -0.146. The number of esters is 1. The smallest absolute Gasteiger partial charge is 0.408 e. The number of cyclic esters (lactones) is 1. The number of alkyl carbamates (subject to hydrolysis) is 1. The number of carbonyl (C=O) groups excluding carboxylic acids is 2. The maximum absolute atomic E-state index is 11.4. The Labute approximate surface area is 94.2 Å². The summed E-state index contributed by atoms with van der Waals surface area (Å²) < 4.78 is 14.7. The van der Waals surface area contributed by atoms with E-state index in [9.17, 15) is 9.59 Å². The van der Waals surface area contributed by atoms with Crippen LogP contribution in [0.15, 0.2) is 0 Å². The molecule has 92 valence electrons. The van der Waals surface area contributed by atoms with E-state index in [-0.39, 0.29) is 6.61 Å². The van der Waals surface area contributed by atoms with Crippen LogP contribution >= 0.6 is 0 Å². The zero-order valence-electron chi connectivity index (χ0n) is 9.90. The molecule has 16 heavy (non-hydrogen) atoms. The third-order valence-corrected chi connectivity index (χ3v) is 1.96. The third-order valence-electron chi connectivity index (χ3n) is 1.96. The minimum Gasteiger partial charge on any atom is -0.461 e. The first-order chi connectivity index (χ1) is 7.33. The molecule has 0 saturated carbocycles. The van der Waals surface area contributed by atoms with E-state index in [2.05, 4.69) is 5.32 Å². The lowest BCUT2D eigenvalue weighted by atomic mass is 10.2. The first-order valence-corrected chi connectivity index (χ1v) is 5.02. The maximum Gasteiger partial charge on any atom is 0.408 e. The second-order valence-corrected chi connectivity index (χ2v) is 4.54. The van der Waals surface area contributed by atoms with Crippen molar-refractivity contribution in [1.29, 1.82) is 0 Å². The molecule has 1 fully saturated rings. The van der Waals surface area contributed by atoms with Gasteiger partial charge in [-0.25, -0.2) is 9.59 Å². The Balaban J connectivity index is 2.48. The van der Waals surface area contributed by atoms with Crippen molar-refractivity contribution in [2.45, 2.75) is 38.5 Å². The van der Waals surface area contributed by atoms with Gasteiger partial charge in [0.1, 0.15) is 18.2 Å². The van der Waals surface area contributed by atoms with Crippen LogP contribution in [0.4, 0.5) is 4.79 Å². The molecule has 0 bridgehead atoms. The summed E-state index contributed by atoms with van der Waals surface area (Å²) in [5, 5.41) is 2.53. The van der Waals surface area contributed by atoms with E-state index in [1.807, 2.05) is 0 Å². The van der Waals surface area contributed by atoms with Crippen molar-refractivity contribution in [2.75, 3.05) is 13.7 Å². The Morgan fingerprint density at radius 2 is 2.12 bits per heavy atom. The zero-order valence-corrected chi connectivity index (χ0v) is 9.90. The highest BCUT2D eigenvalue weighted by atomic mass is 16.6. The van der Waals surface area contributed by atoms with Crippen molar-refractivity contribution in [3.8, 4) is 0 Å². The Hall–Kier alpha value is -1.30. The van der Waals surface area contributed by atoms with Crippen molar-refractivity contribution in [2.24, 2.45) is 0 Å². The number of methoxy groups -OCH3 is 1. The van der Waals surface area contributed by atoms with Gasteiger partial charge in [-0.3, -0.25) is 0 Å². The first kappa shape index (κ1) is 12.8. The van der Waals surface area contributed by atoms with Crippen LogP contribution in [0.2, 0.25) is 0 Å². The summed E-state index contributed by atoms with van der Waals surface area (Å²) in [6.45, 7) is 5.39. The molecular weight excluding hydrogens is 214 g/mol. The standard InChI is InChI=1S/C10H17NO5/c1-10(2,3)16-9(13)11-6-5-15-8(12)7(6)14-4/h6-7H,5H2,1-4H3,(H,11,13). The van der Waals surface area contributed by atoms with E-state index in [1.54, 1.807) is 20.8 Å². The number of amides is 1. The fourth-order valence-corrected chi connectivity index (χ4v) is 1.34. The van der Waals surface area contributed by atoms with Crippen molar-refractivity contribution >= 4 is 12.1 Å². The molecule has 1 rings (SSSR count). The molecule has 0 aromatic rings. The number of hydrogen-bond donors (Lipinski definition) is 1. The molecule has 1 heterocycles. The van der Waals surface area contributed by atoms with Crippen LogP contribution in [-0.4, -0.2) is 43.5 Å². The van der Waals surface area contributed by atoms with Crippen LogP contribution in [0.1, 0.15) is 20.8 Å². The summed E-state index contributed by atoms with van der Waals surface area (Å²) >= 11 is 0. The van der Waals surface area contributed by atoms with Gasteiger partial charge in [-0.05, 0) is 20.8 Å². The summed E-state index contributed by atoms with van der Waals surface area (Å²) in [7, 11) is 1.39. The first-order valence-electron chi connectivity index (χ1n) is 5.02. The highest BCUT2D eigenvalue weighted by Gasteiger charge is 2.38. The predicted molar refractivity (Wildman–Crippen MR) is 54.9 cm³/mol. The Morgan fingerprint density at radius 1 is 1.50 bits per heavy atom. The number of hydrogen-bond acceptors (Lipinski definition) is 5. The molecule has 1 saturated heterocycles. The minimum atomic E-state index is -0.757. The second-order valence-electron chi connectivity index (χ2n) is 4.54. The number of ether oxygens (including phenoxy) is 3. The number of rotatable bonds is 2. The summed E-state index contributed by atoms with van der Waals surface area (Å²) in [6.07, 6.45) is -1.34. The summed E-state index contributed by atoms with van der Waals surface area (Å²) in [4.78, 5) is 22.6. The fraction of sp³-hybridized carbons (Fsp3) is 0.800. The highest BCUT2D eigenvalue weighted by molar-refractivity contribution is 5.79. The average molecular weight is 231 g/mol. The molecule has 2 atom stereocenters. The summed E-state index contributed by atoms with van der Waals surface area (Å²) in [6, 6.07) is -0.493. The van der Waals surface area contributed by atoms with Gasteiger partial charge in [-0.15, -0.1) is 0 Å². The van der Waals surface area contributed by atoms with E-state index < -0.39 is 29.8 Å². The Morgan fingerprint density at radius 3 is 2.62 bits per heavy atom. The van der Waals surface area contributed by atoms with Gasteiger partial charge in [0.05, 0.1) is 0 Å². The van der Waals surface area contributed by atoms with Crippen molar-refractivity contribution in [3.05, 3.63) is 0 Å². The quantitative estimate of drug-likeness (QED) is 0.698. The van der Waals surface area contributed by atoms with E-state index in [0.717, 1.165) is 0 Å². The van der Waals surface area contributed by atoms with E-state index >= 15 is 0 Å². The van der Waals surface area contributed by atoms with E-state index in [4.69, 9.17) is 14.2 Å². The number of carbonyl (C=O) groups is 2. The highest BCUT2D eigenvalue weighted by Crippen LogP contribution is 2.12. The molecule has 1 amide bonds. The van der Waals surface area contributed by atoms with Gasteiger partial charge >= 0.3 is 12.1 Å². The van der Waals surface area contributed by atoms with Gasteiger partial charge in [-0.1, -0.05) is 0 Å². The van der Waals surface area contributed by atoms with E-state index in [0.29, 0.717) is 0 Å². The van der Waals surface area contributed by atoms with Crippen LogP contribution < -0.4 is 5.32 Å². The number of nitrogens with one attached hydrogen (secondary N) is 1. The molecule has 6 heteroatoms. The van der Waals surface area contributed by atoms with Crippen molar-refractivity contribution < 1.29 is 23.8 Å². The Bertz CT molecular complexity index is 283. The van der Waals surface area contributed by atoms with Gasteiger partial charge in [0.2, 0.25) is 0 Å². The molecule has 0 aliphatic carbocycles. The lowest BCUT2D eigenvalue weighted by Gasteiger charge is -2.22. The molecule has 1 aliphatic heterocycles. The van der Waals surface area contributed by atoms with Gasteiger partial charge in [-0.2, -0.15) is 0 Å². The zero-order chi connectivity index (χ0) is 12.3. The third kappa shape index (κ3) is 3.37. The van der Waals surface area contributed by atoms with Crippen molar-refractivity contribution in [1.82, 2.24) is 5.32 Å². The van der Waals surface area contributed by atoms with E-state index in [1.165, 1.54) is 7.11 Å². The van der Waals surface area contributed by atoms with Gasteiger partial charge in [0.25, 0.3) is 0 Å². The fourth-order valence-electron chi connectivity index (χ4n) is 1.34. The van der Waals surface area contributed by atoms with Crippen LogP contribution in [0, 0.1) is 0 Å².